The Balaban J connectivity index is 2.08. The number of carboxylic acid groups (broad SMARTS) is 1. The van der Waals surface area contributed by atoms with Crippen LogP contribution in [0.3, 0.4) is 0 Å². The monoisotopic (exact) mass is 140 g/mol. The topological polar surface area (TPSA) is 43.4 Å². The fourth-order valence-corrected chi connectivity index (χ4v) is 2.05. The van der Waals surface area contributed by atoms with Crippen LogP contribution in [0, 0.1) is 11.8 Å². The summed E-state index contributed by atoms with van der Waals surface area (Å²) in [6, 6.07) is 0. The average Bonchev–Trinajstić information content (AvgIpc) is 2.44. The van der Waals surface area contributed by atoms with Gasteiger partial charge in [-0.15, -0.1) is 0 Å². The molecule has 56 valence electrons. The number of hydrogen-bond donors (Lipinski definition) is 0. The number of carbonyl (C=O) groups excluding carboxylic acids is 1. The molecule has 2 aliphatic heterocycles. The lowest BCUT2D eigenvalue weighted by molar-refractivity contribution is -0.312. The predicted molar refractivity (Wildman–Crippen MR) is 33.0 cm³/mol. The number of rotatable bonds is 1. The number of carboxylic acids is 1. The third-order valence-corrected chi connectivity index (χ3v) is 2.64. The molecule has 3 heteroatoms. The summed E-state index contributed by atoms with van der Waals surface area (Å²) in [7, 11) is 0. The van der Waals surface area contributed by atoms with Crippen molar-refractivity contribution in [1.29, 1.82) is 0 Å². The SMILES string of the molecule is O=C([O-])C1CN2CCC1C2. The van der Waals surface area contributed by atoms with Gasteiger partial charge in [0.2, 0.25) is 0 Å². The van der Waals surface area contributed by atoms with Crippen molar-refractivity contribution >= 4 is 5.97 Å². The molecule has 2 aliphatic rings. The van der Waals surface area contributed by atoms with E-state index in [1.54, 1.807) is 0 Å². The smallest absolute Gasteiger partial charge is 0.0461 e. The third-order valence-electron chi connectivity index (χ3n) is 2.64. The standard InChI is InChI=1S/C7H11NO2/c9-7(10)6-4-8-2-1-5(6)3-8/h5-6H,1-4H2,(H,9,10)/p-1. The summed E-state index contributed by atoms with van der Waals surface area (Å²) < 4.78 is 0. The molecular weight excluding hydrogens is 130 g/mol. The normalized spacial score (nSPS) is 44.2. The maximum absolute atomic E-state index is 10.5. The molecule has 3 nitrogen and oxygen atoms in total. The van der Waals surface area contributed by atoms with Gasteiger partial charge in [0, 0.05) is 25.0 Å². The maximum Gasteiger partial charge on any atom is 0.0461 e. The molecule has 2 rings (SSSR count). The van der Waals surface area contributed by atoms with Crippen LogP contribution in [0.15, 0.2) is 0 Å². The molecule has 0 aromatic rings. The molecule has 0 aromatic heterocycles. The summed E-state index contributed by atoms with van der Waals surface area (Å²) in [5.41, 5.74) is 0. The highest BCUT2D eigenvalue weighted by Crippen LogP contribution is 2.32. The van der Waals surface area contributed by atoms with Crippen LogP contribution in [-0.4, -0.2) is 30.5 Å². The van der Waals surface area contributed by atoms with Crippen molar-refractivity contribution in [3.63, 3.8) is 0 Å². The van der Waals surface area contributed by atoms with E-state index in [1.807, 2.05) is 0 Å². The van der Waals surface area contributed by atoms with Crippen LogP contribution in [0.1, 0.15) is 6.42 Å². The average molecular weight is 140 g/mol. The Morgan fingerprint density at radius 2 is 2.30 bits per heavy atom. The third kappa shape index (κ3) is 0.736. The van der Waals surface area contributed by atoms with Gasteiger partial charge in [-0.1, -0.05) is 0 Å². The van der Waals surface area contributed by atoms with Crippen molar-refractivity contribution in [3.8, 4) is 0 Å². The minimum atomic E-state index is -0.854. The number of piperidine rings is 1. The first-order valence-corrected chi connectivity index (χ1v) is 3.70. The van der Waals surface area contributed by atoms with Gasteiger partial charge in [-0.25, -0.2) is 0 Å². The molecular formula is C7H10NO2-. The lowest BCUT2D eigenvalue weighted by atomic mass is 9.93. The fourth-order valence-electron chi connectivity index (χ4n) is 2.05. The van der Waals surface area contributed by atoms with Gasteiger partial charge in [0.05, 0.1) is 0 Å². The zero-order valence-corrected chi connectivity index (χ0v) is 5.75. The summed E-state index contributed by atoms with van der Waals surface area (Å²) in [5, 5.41) is 10.5. The highest BCUT2D eigenvalue weighted by molar-refractivity contribution is 5.69. The fraction of sp³-hybridized carbons (Fsp3) is 0.857. The number of fused-ring (bicyclic) bond motifs is 2. The van der Waals surface area contributed by atoms with Gasteiger partial charge in [0.25, 0.3) is 0 Å². The van der Waals surface area contributed by atoms with E-state index in [-0.39, 0.29) is 5.92 Å². The van der Waals surface area contributed by atoms with Gasteiger partial charge in [-0.05, 0) is 18.9 Å². The Hall–Kier alpha value is -0.570. The molecule has 2 heterocycles. The number of nitrogens with zero attached hydrogens (tertiary/aromatic N) is 1. The molecule has 2 fully saturated rings. The van der Waals surface area contributed by atoms with E-state index in [9.17, 15) is 9.90 Å². The van der Waals surface area contributed by atoms with Gasteiger partial charge in [-0.3, -0.25) is 0 Å². The lowest BCUT2D eigenvalue weighted by Gasteiger charge is -2.22. The molecule has 3 atom stereocenters. The van der Waals surface area contributed by atoms with Crippen molar-refractivity contribution in [2.75, 3.05) is 19.6 Å². The van der Waals surface area contributed by atoms with Gasteiger partial charge in [-0.2, -0.15) is 0 Å². The molecule has 3 unspecified atom stereocenters. The highest BCUT2D eigenvalue weighted by Gasteiger charge is 2.38. The molecule has 0 amide bonds. The second-order valence-electron chi connectivity index (χ2n) is 3.23. The molecule has 0 aliphatic carbocycles. The Morgan fingerprint density at radius 3 is 2.60 bits per heavy atom. The molecule has 0 N–H and O–H groups in total. The zero-order valence-electron chi connectivity index (χ0n) is 5.75. The minimum absolute atomic E-state index is 0.172. The van der Waals surface area contributed by atoms with E-state index in [0.717, 1.165) is 26.1 Å². The molecule has 0 spiro atoms. The summed E-state index contributed by atoms with van der Waals surface area (Å²) in [4.78, 5) is 12.7. The first-order valence-electron chi connectivity index (χ1n) is 3.70. The molecule has 2 saturated heterocycles. The van der Waals surface area contributed by atoms with E-state index in [0.29, 0.717) is 5.92 Å². The van der Waals surface area contributed by atoms with Crippen LogP contribution in [0.4, 0.5) is 0 Å². The van der Waals surface area contributed by atoms with Gasteiger partial charge < -0.3 is 14.8 Å². The van der Waals surface area contributed by atoms with Crippen molar-refractivity contribution in [1.82, 2.24) is 4.90 Å². The van der Waals surface area contributed by atoms with Crippen LogP contribution in [-0.2, 0) is 4.79 Å². The van der Waals surface area contributed by atoms with Gasteiger partial charge in [0.1, 0.15) is 0 Å². The molecule has 0 aromatic carbocycles. The van der Waals surface area contributed by atoms with E-state index in [1.165, 1.54) is 0 Å². The number of hydrogen-bond acceptors (Lipinski definition) is 3. The first-order chi connectivity index (χ1) is 4.77. The summed E-state index contributed by atoms with van der Waals surface area (Å²) in [5.74, 6) is -0.633. The van der Waals surface area contributed by atoms with Crippen LogP contribution in [0.5, 0.6) is 0 Å². The highest BCUT2D eigenvalue weighted by atomic mass is 16.4. The predicted octanol–water partition coefficient (Wildman–Crippen LogP) is -1.31. The molecule has 0 saturated carbocycles. The quantitative estimate of drug-likeness (QED) is 0.454. The minimum Gasteiger partial charge on any atom is -0.550 e. The summed E-state index contributed by atoms with van der Waals surface area (Å²) >= 11 is 0. The zero-order chi connectivity index (χ0) is 7.14. The molecule has 2 bridgehead atoms. The van der Waals surface area contributed by atoms with Gasteiger partial charge in [0.15, 0.2) is 0 Å². The number of carbonyl (C=O) groups is 1. The van der Waals surface area contributed by atoms with Crippen molar-refractivity contribution < 1.29 is 9.90 Å². The number of aliphatic carboxylic acids is 1. The Labute approximate surface area is 59.6 Å². The maximum atomic E-state index is 10.5. The summed E-state index contributed by atoms with van der Waals surface area (Å²) in [6.45, 7) is 2.81. The second kappa shape index (κ2) is 1.95. The Bertz CT molecular complexity index is 169. The first kappa shape index (κ1) is 6.16. The van der Waals surface area contributed by atoms with E-state index < -0.39 is 5.97 Å². The van der Waals surface area contributed by atoms with Crippen LogP contribution < -0.4 is 5.11 Å². The van der Waals surface area contributed by atoms with Crippen molar-refractivity contribution in [2.24, 2.45) is 11.8 Å². The molecule has 0 radical (unpaired) electrons. The van der Waals surface area contributed by atoms with Crippen LogP contribution >= 0.6 is 0 Å². The van der Waals surface area contributed by atoms with Crippen LogP contribution in [0.2, 0.25) is 0 Å². The lowest BCUT2D eigenvalue weighted by Crippen LogP contribution is -2.38. The van der Waals surface area contributed by atoms with E-state index >= 15 is 0 Å². The van der Waals surface area contributed by atoms with Crippen molar-refractivity contribution in [3.05, 3.63) is 0 Å². The van der Waals surface area contributed by atoms with Crippen molar-refractivity contribution in [2.45, 2.75) is 6.42 Å². The molecule has 10 heavy (non-hydrogen) atoms. The second-order valence-corrected chi connectivity index (χ2v) is 3.23. The largest absolute Gasteiger partial charge is 0.550 e. The van der Waals surface area contributed by atoms with Crippen LogP contribution in [0.25, 0.3) is 0 Å². The Kier molecular flexibility index (Phi) is 1.20. The Morgan fingerprint density at radius 1 is 1.50 bits per heavy atom. The van der Waals surface area contributed by atoms with E-state index in [2.05, 4.69) is 4.90 Å². The summed E-state index contributed by atoms with van der Waals surface area (Å²) in [6.07, 6.45) is 1.05. The van der Waals surface area contributed by atoms with E-state index in [4.69, 9.17) is 0 Å². The van der Waals surface area contributed by atoms with Gasteiger partial charge >= 0.3 is 0 Å².